The molecule has 0 bridgehead atoms. The lowest BCUT2D eigenvalue weighted by molar-refractivity contribution is 0.472. The summed E-state index contributed by atoms with van der Waals surface area (Å²) in [5.74, 6) is 1.62. The number of hydrogen-bond acceptors (Lipinski definition) is 2. The third-order valence-electron chi connectivity index (χ3n) is 2.45. The molecule has 2 N–H and O–H groups in total. The second-order valence-electron chi connectivity index (χ2n) is 3.88. The average molecular weight is 292 g/mol. The van der Waals surface area contributed by atoms with Crippen LogP contribution in [0.1, 0.15) is 18.5 Å². The number of rotatable bonds is 3. The van der Waals surface area contributed by atoms with E-state index >= 15 is 0 Å². The van der Waals surface area contributed by atoms with E-state index in [0.29, 0.717) is 0 Å². The molecule has 0 heterocycles. The molecular weight excluding hydrogens is 278 g/mol. The van der Waals surface area contributed by atoms with Crippen molar-refractivity contribution in [3.63, 3.8) is 0 Å². The number of nitrogens with two attached hydrogens (primary N) is 1. The lowest BCUT2D eigenvalue weighted by Gasteiger charge is -2.13. The van der Waals surface area contributed by atoms with Gasteiger partial charge in [0.05, 0.1) is 0 Å². The molecule has 0 amide bonds. The Labute approximate surface area is 110 Å². The van der Waals surface area contributed by atoms with E-state index in [-0.39, 0.29) is 6.04 Å². The van der Waals surface area contributed by atoms with Crippen LogP contribution in [0.15, 0.2) is 53.0 Å². The largest absolute Gasteiger partial charge is 0.457 e. The van der Waals surface area contributed by atoms with Crippen molar-refractivity contribution in [1.82, 2.24) is 0 Å². The second kappa shape index (κ2) is 5.34. The van der Waals surface area contributed by atoms with Crippen LogP contribution < -0.4 is 10.5 Å². The lowest BCUT2D eigenvalue weighted by Crippen LogP contribution is -2.06. The highest BCUT2D eigenvalue weighted by molar-refractivity contribution is 9.10. The summed E-state index contributed by atoms with van der Waals surface area (Å²) in [5.41, 5.74) is 6.91. The van der Waals surface area contributed by atoms with Crippen LogP contribution in [-0.4, -0.2) is 0 Å². The molecule has 0 fully saturated rings. The van der Waals surface area contributed by atoms with E-state index in [1.54, 1.807) is 0 Å². The van der Waals surface area contributed by atoms with Gasteiger partial charge in [-0.2, -0.15) is 0 Å². The Balaban J connectivity index is 2.26. The quantitative estimate of drug-likeness (QED) is 0.917. The Morgan fingerprint density at radius 1 is 1.06 bits per heavy atom. The predicted molar refractivity (Wildman–Crippen MR) is 73.3 cm³/mol. The molecule has 0 aliphatic carbocycles. The molecule has 0 aliphatic rings. The fraction of sp³-hybridized carbons (Fsp3) is 0.143. The third-order valence-corrected chi connectivity index (χ3v) is 2.98. The van der Waals surface area contributed by atoms with E-state index in [1.165, 1.54) is 0 Å². The summed E-state index contributed by atoms with van der Waals surface area (Å²) in [4.78, 5) is 0. The molecule has 3 heteroatoms. The minimum atomic E-state index is -0.0401. The molecule has 0 radical (unpaired) electrons. The summed E-state index contributed by atoms with van der Waals surface area (Å²) in [6.07, 6.45) is 0. The number of benzene rings is 2. The maximum absolute atomic E-state index is 5.90. The Hall–Kier alpha value is -1.32. The molecule has 0 unspecified atom stereocenters. The van der Waals surface area contributed by atoms with Crippen molar-refractivity contribution in [3.05, 3.63) is 58.6 Å². The lowest BCUT2D eigenvalue weighted by atomic mass is 10.1. The van der Waals surface area contributed by atoms with Gasteiger partial charge in [0.2, 0.25) is 0 Å². The summed E-state index contributed by atoms with van der Waals surface area (Å²) in [6.45, 7) is 1.95. The van der Waals surface area contributed by atoms with Crippen LogP contribution in [0.3, 0.4) is 0 Å². The molecule has 0 saturated carbocycles. The summed E-state index contributed by atoms with van der Waals surface area (Å²) in [5, 5.41) is 0. The van der Waals surface area contributed by atoms with E-state index in [2.05, 4.69) is 15.9 Å². The number of para-hydroxylation sites is 1. The zero-order valence-corrected chi connectivity index (χ0v) is 11.1. The molecule has 0 aliphatic heterocycles. The molecule has 17 heavy (non-hydrogen) atoms. The molecule has 2 aromatic carbocycles. The average Bonchev–Trinajstić information content (AvgIpc) is 2.32. The summed E-state index contributed by atoms with van der Waals surface area (Å²) >= 11 is 3.39. The molecule has 0 spiro atoms. The highest BCUT2D eigenvalue weighted by atomic mass is 79.9. The van der Waals surface area contributed by atoms with Gasteiger partial charge in [0.1, 0.15) is 11.5 Å². The van der Waals surface area contributed by atoms with E-state index < -0.39 is 0 Å². The Morgan fingerprint density at radius 3 is 2.35 bits per heavy atom. The molecule has 1 atom stereocenters. The van der Waals surface area contributed by atoms with Crippen LogP contribution >= 0.6 is 15.9 Å². The molecular formula is C14H14BrNO. The van der Waals surface area contributed by atoms with Crippen molar-refractivity contribution in [1.29, 1.82) is 0 Å². The molecule has 2 aromatic rings. The van der Waals surface area contributed by atoms with Gasteiger partial charge in [-0.25, -0.2) is 0 Å². The predicted octanol–water partition coefficient (Wildman–Crippen LogP) is 4.26. The third kappa shape index (κ3) is 3.08. The van der Waals surface area contributed by atoms with Gasteiger partial charge in [0.25, 0.3) is 0 Å². The van der Waals surface area contributed by atoms with E-state index in [4.69, 9.17) is 10.5 Å². The van der Waals surface area contributed by atoms with Crippen LogP contribution in [0.5, 0.6) is 11.5 Å². The van der Waals surface area contributed by atoms with E-state index in [9.17, 15) is 0 Å². The minimum Gasteiger partial charge on any atom is -0.457 e. The van der Waals surface area contributed by atoms with Gasteiger partial charge < -0.3 is 10.5 Å². The number of hydrogen-bond donors (Lipinski definition) is 1. The maximum atomic E-state index is 5.90. The monoisotopic (exact) mass is 291 g/mol. The van der Waals surface area contributed by atoms with Gasteiger partial charge in [-0.1, -0.05) is 34.1 Å². The minimum absolute atomic E-state index is 0.0401. The van der Waals surface area contributed by atoms with Crippen LogP contribution in [0.25, 0.3) is 0 Å². The second-order valence-corrected chi connectivity index (χ2v) is 4.80. The van der Waals surface area contributed by atoms with E-state index in [1.807, 2.05) is 55.5 Å². The summed E-state index contributed by atoms with van der Waals surface area (Å²) in [7, 11) is 0. The number of halogens is 1. The van der Waals surface area contributed by atoms with Crippen molar-refractivity contribution >= 4 is 15.9 Å². The van der Waals surface area contributed by atoms with E-state index in [0.717, 1.165) is 21.5 Å². The summed E-state index contributed by atoms with van der Waals surface area (Å²) in [6, 6.07) is 15.5. The normalized spacial score (nSPS) is 12.2. The van der Waals surface area contributed by atoms with Crippen LogP contribution in [-0.2, 0) is 0 Å². The topological polar surface area (TPSA) is 35.2 Å². The molecule has 0 aromatic heterocycles. The van der Waals surface area contributed by atoms with Crippen molar-refractivity contribution in [2.45, 2.75) is 13.0 Å². The van der Waals surface area contributed by atoms with Crippen LogP contribution in [0, 0.1) is 0 Å². The van der Waals surface area contributed by atoms with Crippen molar-refractivity contribution < 1.29 is 4.74 Å². The zero-order chi connectivity index (χ0) is 12.3. The summed E-state index contributed by atoms with van der Waals surface area (Å²) < 4.78 is 6.86. The standard InChI is InChI=1S/C14H14BrNO/c1-10(16)13-4-2-3-5-14(13)17-12-8-6-11(15)7-9-12/h2-10H,16H2,1H3/t10-/m0/s1. The first kappa shape index (κ1) is 12.1. The highest BCUT2D eigenvalue weighted by Gasteiger charge is 2.07. The molecule has 0 saturated heterocycles. The van der Waals surface area contributed by atoms with Gasteiger partial charge in [0.15, 0.2) is 0 Å². The zero-order valence-electron chi connectivity index (χ0n) is 9.56. The Kier molecular flexibility index (Phi) is 3.82. The Bertz CT molecular complexity index is 494. The molecule has 2 rings (SSSR count). The fourth-order valence-corrected chi connectivity index (χ4v) is 1.84. The van der Waals surface area contributed by atoms with Crippen molar-refractivity contribution in [3.8, 4) is 11.5 Å². The first-order valence-corrected chi connectivity index (χ1v) is 6.24. The fourth-order valence-electron chi connectivity index (χ4n) is 1.58. The maximum Gasteiger partial charge on any atom is 0.132 e. The molecule has 2 nitrogen and oxygen atoms in total. The van der Waals surface area contributed by atoms with Gasteiger partial charge in [0, 0.05) is 16.1 Å². The molecule has 88 valence electrons. The van der Waals surface area contributed by atoms with Gasteiger partial charge in [-0.3, -0.25) is 0 Å². The Morgan fingerprint density at radius 2 is 1.71 bits per heavy atom. The SMILES string of the molecule is C[C@H](N)c1ccccc1Oc1ccc(Br)cc1. The van der Waals surface area contributed by atoms with Gasteiger partial charge in [-0.05, 0) is 37.3 Å². The van der Waals surface area contributed by atoms with Crippen LogP contribution in [0.2, 0.25) is 0 Å². The first-order valence-electron chi connectivity index (χ1n) is 5.45. The smallest absolute Gasteiger partial charge is 0.132 e. The van der Waals surface area contributed by atoms with Gasteiger partial charge in [-0.15, -0.1) is 0 Å². The number of ether oxygens (including phenoxy) is 1. The highest BCUT2D eigenvalue weighted by Crippen LogP contribution is 2.29. The van der Waals surface area contributed by atoms with Crippen LogP contribution in [0.4, 0.5) is 0 Å². The van der Waals surface area contributed by atoms with Crippen molar-refractivity contribution in [2.24, 2.45) is 5.73 Å². The van der Waals surface area contributed by atoms with Crippen molar-refractivity contribution in [2.75, 3.05) is 0 Å². The van der Waals surface area contributed by atoms with Gasteiger partial charge >= 0.3 is 0 Å². The first-order chi connectivity index (χ1) is 8.16.